The van der Waals surface area contributed by atoms with E-state index in [9.17, 15) is 4.79 Å². The number of likely N-dealkylation sites (N-methyl/N-ethyl adjacent to an activating group) is 1. The maximum atomic E-state index is 12.3. The van der Waals surface area contributed by atoms with Crippen LogP contribution in [0.2, 0.25) is 0 Å². The van der Waals surface area contributed by atoms with Crippen LogP contribution in [0, 0.1) is 0 Å². The third kappa shape index (κ3) is 3.45. The van der Waals surface area contributed by atoms with Crippen molar-refractivity contribution in [1.29, 1.82) is 0 Å². The van der Waals surface area contributed by atoms with Gasteiger partial charge in [0, 0.05) is 43.1 Å². The molecule has 1 aromatic heterocycles. The number of hydrogen-bond donors (Lipinski definition) is 0. The molecule has 1 saturated heterocycles. The number of ether oxygens (including phenoxy) is 1. The van der Waals surface area contributed by atoms with Crippen molar-refractivity contribution in [2.24, 2.45) is 0 Å². The summed E-state index contributed by atoms with van der Waals surface area (Å²) in [5, 5.41) is 2.31. The first-order chi connectivity index (χ1) is 11.3. The van der Waals surface area contributed by atoms with Crippen LogP contribution in [0.15, 0.2) is 36.7 Å². The number of carbonyl (C=O) groups is 1. The molecular weight excluding hydrogens is 302 g/mol. The van der Waals surface area contributed by atoms with Gasteiger partial charge in [-0.3, -0.25) is 4.98 Å². The third-order valence-corrected chi connectivity index (χ3v) is 4.39. The van der Waals surface area contributed by atoms with E-state index in [1.165, 1.54) is 5.39 Å². The van der Waals surface area contributed by atoms with Crippen LogP contribution in [-0.2, 0) is 4.74 Å². The van der Waals surface area contributed by atoms with Crippen molar-refractivity contribution in [1.82, 2.24) is 9.88 Å². The quantitative estimate of drug-likeness (QED) is 0.844. The number of rotatable bonds is 2. The summed E-state index contributed by atoms with van der Waals surface area (Å²) in [5.41, 5.74) is 0.643. The summed E-state index contributed by atoms with van der Waals surface area (Å²) in [4.78, 5) is 20.6. The Morgan fingerprint density at radius 2 is 2.04 bits per heavy atom. The maximum absolute atomic E-state index is 12.3. The topological polar surface area (TPSA) is 45.7 Å². The minimum atomic E-state index is -0.458. The highest BCUT2D eigenvalue weighted by Crippen LogP contribution is 2.28. The van der Waals surface area contributed by atoms with Crippen LogP contribution in [-0.4, -0.2) is 47.8 Å². The normalized spacial score (nSPS) is 18.0. The van der Waals surface area contributed by atoms with Crippen molar-refractivity contribution in [2.75, 3.05) is 25.0 Å². The monoisotopic (exact) mass is 327 g/mol. The Hall–Kier alpha value is -2.30. The number of aromatic nitrogens is 1. The lowest BCUT2D eigenvalue weighted by Crippen LogP contribution is -2.39. The largest absolute Gasteiger partial charge is 0.444 e. The number of nitrogens with zero attached hydrogens (tertiary/aromatic N) is 3. The molecule has 1 aromatic carbocycles. The molecule has 0 N–H and O–H groups in total. The average Bonchev–Trinajstić information content (AvgIpc) is 3.02. The highest BCUT2D eigenvalue weighted by molar-refractivity contribution is 5.93. The highest BCUT2D eigenvalue weighted by atomic mass is 16.6. The van der Waals surface area contributed by atoms with Crippen LogP contribution in [0.1, 0.15) is 27.2 Å². The predicted molar refractivity (Wildman–Crippen MR) is 96.4 cm³/mol. The van der Waals surface area contributed by atoms with Crippen molar-refractivity contribution >= 4 is 22.6 Å². The molecule has 0 spiro atoms. The van der Waals surface area contributed by atoms with Gasteiger partial charge in [-0.15, -0.1) is 0 Å². The van der Waals surface area contributed by atoms with Gasteiger partial charge in [-0.05, 0) is 27.2 Å². The Labute approximate surface area is 143 Å². The number of likely N-dealkylation sites (tertiary alicyclic amines) is 1. The van der Waals surface area contributed by atoms with Crippen LogP contribution >= 0.6 is 0 Å². The summed E-state index contributed by atoms with van der Waals surface area (Å²) in [6, 6.07) is 8.52. The molecular formula is C19H25N3O2. The molecule has 1 atom stereocenters. The van der Waals surface area contributed by atoms with E-state index >= 15 is 0 Å². The SMILES string of the molecule is CN(c1cncc2ccccc12)C1CCN(C(=O)OC(C)(C)C)C1. The Balaban J connectivity index is 1.74. The van der Waals surface area contributed by atoms with Crippen LogP contribution in [0.3, 0.4) is 0 Å². The maximum Gasteiger partial charge on any atom is 0.410 e. The standard InChI is InChI=1S/C19H25N3O2/c1-19(2,3)24-18(23)22-10-9-15(13-22)21(4)17-12-20-11-14-7-5-6-8-16(14)17/h5-8,11-12,15H,9-10,13H2,1-4H3. The number of anilines is 1. The second kappa shape index (κ2) is 6.30. The number of carbonyl (C=O) groups excluding carboxylic acids is 1. The van der Waals surface area contributed by atoms with E-state index in [0.29, 0.717) is 6.54 Å². The van der Waals surface area contributed by atoms with Gasteiger partial charge < -0.3 is 14.5 Å². The van der Waals surface area contributed by atoms with Gasteiger partial charge in [0.05, 0.1) is 11.9 Å². The van der Waals surface area contributed by atoms with Gasteiger partial charge in [0.2, 0.25) is 0 Å². The van der Waals surface area contributed by atoms with Gasteiger partial charge in [0.1, 0.15) is 5.60 Å². The van der Waals surface area contributed by atoms with E-state index in [0.717, 1.165) is 24.0 Å². The number of fused-ring (bicyclic) bond motifs is 1. The Kier molecular flexibility index (Phi) is 4.35. The van der Waals surface area contributed by atoms with E-state index in [1.54, 1.807) is 4.90 Å². The van der Waals surface area contributed by atoms with Gasteiger partial charge in [0.25, 0.3) is 0 Å². The molecule has 0 saturated carbocycles. The molecule has 5 nitrogen and oxygen atoms in total. The number of benzene rings is 1. The molecule has 0 aliphatic carbocycles. The van der Waals surface area contributed by atoms with Gasteiger partial charge in [-0.2, -0.15) is 0 Å². The summed E-state index contributed by atoms with van der Waals surface area (Å²) in [7, 11) is 2.08. The molecule has 2 aromatic rings. The van der Waals surface area contributed by atoms with Crippen molar-refractivity contribution in [3.8, 4) is 0 Å². The number of amides is 1. The Bertz CT molecular complexity index is 733. The summed E-state index contributed by atoms with van der Waals surface area (Å²) in [6.07, 6.45) is 4.49. The van der Waals surface area contributed by atoms with Crippen LogP contribution in [0.25, 0.3) is 10.8 Å². The molecule has 128 valence electrons. The summed E-state index contributed by atoms with van der Waals surface area (Å²) in [6.45, 7) is 7.09. The second-order valence-electron chi connectivity index (χ2n) is 7.36. The molecule has 24 heavy (non-hydrogen) atoms. The van der Waals surface area contributed by atoms with Crippen LogP contribution in [0.4, 0.5) is 10.5 Å². The fourth-order valence-corrected chi connectivity index (χ4v) is 3.13. The first-order valence-electron chi connectivity index (χ1n) is 8.39. The zero-order valence-electron chi connectivity index (χ0n) is 14.8. The first-order valence-corrected chi connectivity index (χ1v) is 8.39. The Morgan fingerprint density at radius 1 is 1.29 bits per heavy atom. The lowest BCUT2D eigenvalue weighted by molar-refractivity contribution is 0.0292. The van der Waals surface area contributed by atoms with Crippen molar-refractivity contribution in [3.63, 3.8) is 0 Å². The summed E-state index contributed by atoms with van der Waals surface area (Å²) >= 11 is 0. The average molecular weight is 327 g/mol. The fourth-order valence-electron chi connectivity index (χ4n) is 3.13. The molecule has 1 unspecified atom stereocenters. The zero-order chi connectivity index (χ0) is 17.3. The molecule has 1 aliphatic rings. The first kappa shape index (κ1) is 16.6. The van der Waals surface area contributed by atoms with E-state index in [2.05, 4.69) is 29.1 Å². The van der Waals surface area contributed by atoms with Crippen LogP contribution < -0.4 is 4.90 Å². The lowest BCUT2D eigenvalue weighted by atomic mass is 10.1. The number of pyridine rings is 1. The smallest absolute Gasteiger partial charge is 0.410 e. The van der Waals surface area contributed by atoms with E-state index in [-0.39, 0.29) is 12.1 Å². The summed E-state index contributed by atoms with van der Waals surface area (Å²) in [5.74, 6) is 0. The second-order valence-corrected chi connectivity index (χ2v) is 7.36. The fraction of sp³-hybridized carbons (Fsp3) is 0.474. The molecule has 3 rings (SSSR count). The predicted octanol–water partition coefficient (Wildman–Crippen LogP) is 3.68. The molecule has 2 heterocycles. The molecule has 5 heteroatoms. The van der Waals surface area contributed by atoms with Gasteiger partial charge in [0.15, 0.2) is 0 Å². The molecule has 1 amide bonds. The molecule has 0 bridgehead atoms. The van der Waals surface area contributed by atoms with E-state index in [4.69, 9.17) is 4.74 Å². The lowest BCUT2D eigenvalue weighted by Gasteiger charge is -2.28. The van der Waals surface area contributed by atoms with Crippen molar-refractivity contribution < 1.29 is 9.53 Å². The van der Waals surface area contributed by atoms with Gasteiger partial charge in [-0.1, -0.05) is 24.3 Å². The molecule has 1 aliphatic heterocycles. The van der Waals surface area contributed by atoms with Crippen LogP contribution in [0.5, 0.6) is 0 Å². The summed E-state index contributed by atoms with van der Waals surface area (Å²) < 4.78 is 5.48. The van der Waals surface area contributed by atoms with E-state index in [1.807, 2.05) is 45.3 Å². The molecule has 0 radical (unpaired) electrons. The van der Waals surface area contributed by atoms with E-state index < -0.39 is 5.60 Å². The third-order valence-electron chi connectivity index (χ3n) is 4.39. The van der Waals surface area contributed by atoms with Crippen molar-refractivity contribution in [3.05, 3.63) is 36.7 Å². The molecule has 1 fully saturated rings. The minimum Gasteiger partial charge on any atom is -0.444 e. The minimum absolute atomic E-state index is 0.227. The van der Waals surface area contributed by atoms with Crippen molar-refractivity contribution in [2.45, 2.75) is 38.8 Å². The Morgan fingerprint density at radius 3 is 2.79 bits per heavy atom. The highest BCUT2D eigenvalue weighted by Gasteiger charge is 2.32. The van der Waals surface area contributed by atoms with Gasteiger partial charge >= 0.3 is 6.09 Å². The van der Waals surface area contributed by atoms with Gasteiger partial charge in [-0.25, -0.2) is 4.79 Å². The number of hydrogen-bond acceptors (Lipinski definition) is 4. The zero-order valence-corrected chi connectivity index (χ0v) is 14.8.